The number of carbonyl (C=O) groups excluding carboxylic acids is 3. The van der Waals surface area contributed by atoms with E-state index < -0.39 is 42.3 Å². The summed E-state index contributed by atoms with van der Waals surface area (Å²) in [4.78, 5) is 56.8. The molecule has 6 bridgehead atoms. The molecule has 14 nitrogen and oxygen atoms in total. The molecule has 2 aromatic carbocycles. The lowest BCUT2D eigenvalue weighted by molar-refractivity contribution is -0.155. The molecule has 76 heavy (non-hydrogen) atoms. The van der Waals surface area contributed by atoms with Gasteiger partial charge in [0.15, 0.2) is 0 Å². The normalized spacial score (nSPS) is 29.2. The van der Waals surface area contributed by atoms with Crippen molar-refractivity contribution < 1.29 is 37.0 Å². The van der Waals surface area contributed by atoms with Gasteiger partial charge in [0, 0.05) is 93.0 Å². The fraction of sp³-hybridized carbons (Fsp3) is 0.661. The summed E-state index contributed by atoms with van der Waals surface area (Å²) in [6, 6.07) is 11.9. The number of nitrogens with zero attached hydrogens (tertiary/aromatic N) is 6. The van der Waals surface area contributed by atoms with Crippen LogP contribution in [0.15, 0.2) is 53.2 Å². The van der Waals surface area contributed by atoms with Crippen molar-refractivity contribution in [3.63, 3.8) is 0 Å². The lowest BCUT2D eigenvalue weighted by atomic mass is 9.83. The van der Waals surface area contributed by atoms with Crippen LogP contribution in [-0.4, -0.2) is 163 Å². The largest absolute Gasteiger partial charge is 0.464 e. The number of halogens is 3. The SMILES string of the molecule is CO[C@@H](C)C1=C(c2c3c4cc(ccc4n2CC(F)(F)F)-c2cccc(c2)C[C@H](NC(=O)[C@H](C2CCCC2)N2CC[C@]4(CCNC4)C2)C(=O)N2CCC[C@H](N2)C(=O)OCC(C)(C)C3)CC(N2CCN3CCCC[C@@H]3C2)C=N1. The predicted molar refractivity (Wildman–Crippen MR) is 288 cm³/mol. The molecule has 1 spiro atoms. The number of benzene rings is 2. The number of piperidine rings is 1. The Bertz CT molecular complexity index is 2710. The summed E-state index contributed by atoms with van der Waals surface area (Å²) >= 11 is 0. The van der Waals surface area contributed by atoms with Gasteiger partial charge in [0.25, 0.3) is 5.91 Å². The van der Waals surface area contributed by atoms with Gasteiger partial charge >= 0.3 is 12.1 Å². The number of piperazine rings is 1. The van der Waals surface area contributed by atoms with Gasteiger partial charge in [-0.1, -0.05) is 63.4 Å². The van der Waals surface area contributed by atoms with Crippen LogP contribution in [0.4, 0.5) is 13.2 Å². The number of rotatable bonds is 9. The van der Waals surface area contributed by atoms with E-state index in [1.54, 1.807) is 7.11 Å². The van der Waals surface area contributed by atoms with E-state index in [0.717, 1.165) is 125 Å². The van der Waals surface area contributed by atoms with Gasteiger partial charge in [-0.15, -0.1) is 0 Å². The molecule has 5 saturated heterocycles. The van der Waals surface area contributed by atoms with Crippen molar-refractivity contribution in [3.05, 3.63) is 65.0 Å². The molecule has 1 unspecified atom stereocenters. The molecule has 3 aromatic rings. The lowest BCUT2D eigenvalue weighted by Crippen LogP contribution is -2.62. The van der Waals surface area contributed by atoms with Crippen LogP contribution in [0.5, 0.6) is 0 Å². The van der Waals surface area contributed by atoms with Crippen LogP contribution in [0.2, 0.25) is 0 Å². The van der Waals surface area contributed by atoms with Crippen molar-refractivity contribution in [2.24, 2.45) is 21.7 Å². The second kappa shape index (κ2) is 21.9. The first-order valence-corrected chi connectivity index (χ1v) is 28.6. The molecule has 3 N–H and O–H groups in total. The highest BCUT2D eigenvalue weighted by Crippen LogP contribution is 2.45. The third-order valence-electron chi connectivity index (χ3n) is 18.6. The zero-order valence-electron chi connectivity index (χ0n) is 45.2. The highest BCUT2D eigenvalue weighted by Gasteiger charge is 2.47. The molecular formula is C59H80F3N9O5. The van der Waals surface area contributed by atoms with E-state index in [9.17, 15) is 9.59 Å². The molecule has 0 radical (unpaired) electrons. The molecule has 7 aliphatic heterocycles. The number of esters is 1. The first-order valence-electron chi connectivity index (χ1n) is 28.6. The van der Waals surface area contributed by atoms with Gasteiger partial charge in [-0.3, -0.25) is 39.1 Å². The number of likely N-dealkylation sites (tertiary alicyclic amines) is 1. The maximum absolute atomic E-state index is 15.2. The van der Waals surface area contributed by atoms with Crippen LogP contribution in [-0.2, 0) is 43.2 Å². The number of fused-ring (bicyclic) bond motifs is 7. The number of cyclic esters (lactones) is 1. The average molecular weight is 1050 g/mol. The highest BCUT2D eigenvalue weighted by atomic mass is 19.4. The Kier molecular flexibility index (Phi) is 15.4. The summed E-state index contributed by atoms with van der Waals surface area (Å²) in [7, 11) is 1.61. The molecule has 1 saturated carbocycles. The fourth-order valence-corrected chi connectivity index (χ4v) is 14.5. The first-order chi connectivity index (χ1) is 36.5. The second-order valence-electron chi connectivity index (χ2n) is 24.6. The third kappa shape index (κ3) is 11.2. The van der Waals surface area contributed by atoms with Gasteiger partial charge in [0.1, 0.15) is 18.6 Å². The van der Waals surface area contributed by atoms with Gasteiger partial charge < -0.3 is 24.7 Å². The van der Waals surface area contributed by atoms with E-state index in [1.807, 2.05) is 69.5 Å². The van der Waals surface area contributed by atoms with Crippen molar-refractivity contribution in [2.75, 3.05) is 72.6 Å². The van der Waals surface area contributed by atoms with E-state index in [-0.39, 0.29) is 54.7 Å². The Morgan fingerprint density at radius 1 is 0.934 bits per heavy atom. The van der Waals surface area contributed by atoms with Crippen molar-refractivity contribution in [1.29, 1.82) is 0 Å². The van der Waals surface area contributed by atoms with E-state index >= 15 is 18.0 Å². The maximum Gasteiger partial charge on any atom is 0.406 e. The van der Waals surface area contributed by atoms with Crippen LogP contribution in [0.1, 0.15) is 115 Å². The molecular weight excluding hydrogens is 972 g/mol. The molecule has 11 rings (SSSR count). The van der Waals surface area contributed by atoms with Gasteiger partial charge in [0.2, 0.25) is 5.91 Å². The summed E-state index contributed by atoms with van der Waals surface area (Å²) in [6.07, 6.45) is 8.63. The van der Waals surface area contributed by atoms with Gasteiger partial charge in [-0.25, -0.2) is 5.43 Å². The topological polar surface area (TPSA) is 136 Å². The third-order valence-corrected chi connectivity index (χ3v) is 18.6. The number of aliphatic imine (C=N–C) groups is 1. The quantitative estimate of drug-likeness (QED) is 0.185. The molecule has 17 heteroatoms. The van der Waals surface area contributed by atoms with Crippen molar-refractivity contribution >= 4 is 40.5 Å². The number of carbonyl (C=O) groups is 3. The smallest absolute Gasteiger partial charge is 0.406 e. The predicted octanol–water partition coefficient (Wildman–Crippen LogP) is 7.52. The molecule has 1 aliphatic carbocycles. The Morgan fingerprint density at radius 3 is 2.53 bits per heavy atom. The lowest BCUT2D eigenvalue weighted by Gasteiger charge is -2.46. The number of nitrogens with one attached hydrogen (secondary N) is 3. The zero-order valence-corrected chi connectivity index (χ0v) is 45.2. The number of amides is 2. The molecule has 8 heterocycles. The average Bonchev–Trinajstić information content (AvgIpc) is 4.26. The number of hydrazine groups is 1. The second-order valence-corrected chi connectivity index (χ2v) is 24.6. The number of alkyl halides is 3. The van der Waals surface area contributed by atoms with Crippen LogP contribution in [0.3, 0.4) is 0 Å². The van der Waals surface area contributed by atoms with E-state index in [2.05, 4.69) is 30.8 Å². The Balaban J connectivity index is 0.997. The zero-order chi connectivity index (χ0) is 52.9. The van der Waals surface area contributed by atoms with E-state index in [1.165, 1.54) is 22.4 Å². The van der Waals surface area contributed by atoms with Gasteiger partial charge in [-0.05, 0) is 136 Å². The number of aromatic nitrogens is 1. The van der Waals surface area contributed by atoms with Crippen molar-refractivity contribution in [3.8, 4) is 11.1 Å². The standard InChI is InChI=1S/C59H80F3N9O5/c1-38(75-4)51-46(30-44(32-64-51)68-26-25-67-22-8-7-15-43(67)33-68)53-47-31-57(2,3)37-76-56(74)48-16-10-23-71(66-48)55(73)49(65-54(72)52(40-12-5-6-13-40)69-24-20-58(35-69)19-21-63-34-58)28-39-11-9-14-41(27-39)42-17-18-50(45(47)29-42)70(53)36-59(60,61)62/h9,11,14,17-18,27,29,32,38,40,43-44,48-49,52,63,66H,5-8,10,12-13,15-16,19-26,28,30-31,33-37H2,1-4H3,(H,65,72)/t38-,43+,44?,48-,49-,52-,58-/m0/s1. The molecule has 412 valence electrons. The Morgan fingerprint density at radius 2 is 1.74 bits per heavy atom. The number of methoxy groups -OCH3 is 1. The number of hydrogen-bond donors (Lipinski definition) is 3. The van der Waals surface area contributed by atoms with E-state index in [4.69, 9.17) is 14.5 Å². The summed E-state index contributed by atoms with van der Waals surface area (Å²) in [5.74, 6) is -0.749. The van der Waals surface area contributed by atoms with Crippen LogP contribution in [0.25, 0.3) is 27.6 Å². The number of hydrogen-bond acceptors (Lipinski definition) is 11. The van der Waals surface area contributed by atoms with Crippen LogP contribution in [0, 0.1) is 16.7 Å². The summed E-state index contributed by atoms with van der Waals surface area (Å²) in [5, 5.41) is 9.07. The van der Waals surface area contributed by atoms with E-state index in [0.29, 0.717) is 54.1 Å². The summed E-state index contributed by atoms with van der Waals surface area (Å²) < 4.78 is 59.3. The fourth-order valence-electron chi connectivity index (χ4n) is 14.5. The molecule has 7 atom stereocenters. The summed E-state index contributed by atoms with van der Waals surface area (Å²) in [6.45, 7) is 12.4. The Labute approximate surface area is 446 Å². The van der Waals surface area contributed by atoms with Gasteiger partial charge in [0.05, 0.1) is 30.1 Å². The maximum atomic E-state index is 15.2. The van der Waals surface area contributed by atoms with Crippen molar-refractivity contribution in [1.82, 2.24) is 40.3 Å². The molecule has 6 fully saturated rings. The van der Waals surface area contributed by atoms with Crippen LogP contribution < -0.4 is 16.1 Å². The molecule has 8 aliphatic rings. The minimum Gasteiger partial charge on any atom is -0.464 e. The monoisotopic (exact) mass is 1050 g/mol. The molecule has 2 amide bonds. The number of ether oxygens (including phenoxy) is 2. The minimum absolute atomic E-state index is 0.0208. The minimum atomic E-state index is -4.56. The Hall–Kier alpha value is -4.65. The molecule has 1 aromatic heterocycles. The first kappa shape index (κ1) is 53.4. The van der Waals surface area contributed by atoms with Crippen molar-refractivity contribution in [2.45, 2.75) is 160 Å². The van der Waals surface area contributed by atoms with Crippen LogP contribution >= 0.6 is 0 Å². The highest BCUT2D eigenvalue weighted by molar-refractivity contribution is 5.95. The summed E-state index contributed by atoms with van der Waals surface area (Å²) in [5.41, 5.74) is 8.13. The van der Waals surface area contributed by atoms with Gasteiger partial charge in [-0.2, -0.15) is 13.2 Å².